The summed E-state index contributed by atoms with van der Waals surface area (Å²) >= 11 is 0. The SMILES string of the molecule is Cc1ccc(-c2c3c([nH]c(=O)c2C#N)[C@@H]2C[C@H](C3)C2(C)C)cc1. The minimum absolute atomic E-state index is 0.245. The third kappa shape index (κ3) is 1.84. The molecule has 0 saturated heterocycles. The van der Waals surface area contributed by atoms with E-state index in [1.54, 1.807) is 0 Å². The van der Waals surface area contributed by atoms with E-state index in [1.807, 2.05) is 31.2 Å². The molecule has 0 unspecified atom stereocenters. The quantitative estimate of drug-likeness (QED) is 0.868. The Kier molecular flexibility index (Phi) is 2.84. The van der Waals surface area contributed by atoms with Crippen molar-refractivity contribution in [2.24, 2.45) is 11.3 Å². The van der Waals surface area contributed by atoms with Crippen molar-refractivity contribution in [3.05, 3.63) is 57.0 Å². The van der Waals surface area contributed by atoms with E-state index in [2.05, 4.69) is 24.9 Å². The van der Waals surface area contributed by atoms with Crippen molar-refractivity contribution in [2.45, 2.75) is 39.5 Å². The predicted molar refractivity (Wildman–Crippen MR) is 90.3 cm³/mol. The van der Waals surface area contributed by atoms with Crippen LogP contribution in [-0.2, 0) is 6.42 Å². The Balaban J connectivity index is 2.01. The number of hydrogen-bond acceptors (Lipinski definition) is 2. The number of rotatable bonds is 1. The Morgan fingerprint density at radius 3 is 2.57 bits per heavy atom. The summed E-state index contributed by atoms with van der Waals surface area (Å²) in [7, 11) is 0. The molecule has 23 heavy (non-hydrogen) atoms. The fourth-order valence-corrected chi connectivity index (χ4v) is 4.41. The maximum atomic E-state index is 12.5. The number of nitrogens with zero attached hydrogens (tertiary/aromatic N) is 1. The van der Waals surface area contributed by atoms with Gasteiger partial charge in [0, 0.05) is 17.2 Å². The van der Waals surface area contributed by atoms with E-state index >= 15 is 0 Å². The number of aryl methyl sites for hydroxylation is 1. The molecule has 3 nitrogen and oxygen atoms in total. The Hall–Kier alpha value is -2.34. The van der Waals surface area contributed by atoms with Crippen molar-refractivity contribution >= 4 is 0 Å². The lowest BCUT2D eigenvalue weighted by Crippen LogP contribution is -2.49. The summed E-state index contributed by atoms with van der Waals surface area (Å²) in [6.45, 7) is 6.62. The van der Waals surface area contributed by atoms with E-state index in [0.717, 1.165) is 29.7 Å². The second-order valence-corrected chi connectivity index (χ2v) is 7.58. The standard InChI is InChI=1S/C20H20N2O/c1-11-4-6-12(7-5-11)17-14-8-13-9-16(20(13,2)3)18(14)22-19(23)15(17)10-21/h4-7,13,16H,8-9H2,1-3H3,(H,22,23)/t13-,16-/m0/s1. The van der Waals surface area contributed by atoms with Crippen LogP contribution in [0.15, 0.2) is 29.1 Å². The molecule has 0 spiro atoms. The molecular weight excluding hydrogens is 284 g/mol. The number of pyridine rings is 1. The molecule has 1 heterocycles. The van der Waals surface area contributed by atoms with Crippen LogP contribution < -0.4 is 5.56 Å². The average Bonchev–Trinajstić information content (AvgIpc) is 2.53. The summed E-state index contributed by atoms with van der Waals surface area (Å²) in [5, 5.41) is 9.53. The van der Waals surface area contributed by atoms with Crippen LogP contribution in [-0.4, -0.2) is 4.98 Å². The monoisotopic (exact) mass is 304 g/mol. The van der Waals surface area contributed by atoms with Gasteiger partial charge in [0.2, 0.25) is 0 Å². The maximum Gasteiger partial charge on any atom is 0.266 e. The van der Waals surface area contributed by atoms with Crippen molar-refractivity contribution in [3.8, 4) is 17.2 Å². The Morgan fingerprint density at radius 1 is 1.26 bits per heavy atom. The van der Waals surface area contributed by atoms with Crippen molar-refractivity contribution in [3.63, 3.8) is 0 Å². The molecule has 2 aromatic rings. The predicted octanol–water partition coefficient (Wildman–Crippen LogP) is 3.91. The molecule has 0 radical (unpaired) electrons. The van der Waals surface area contributed by atoms with Crippen LogP contribution in [0.25, 0.3) is 11.1 Å². The van der Waals surface area contributed by atoms with E-state index in [-0.39, 0.29) is 16.5 Å². The molecule has 1 saturated carbocycles. The summed E-state index contributed by atoms with van der Waals surface area (Å²) in [6, 6.07) is 10.3. The highest BCUT2D eigenvalue weighted by Gasteiger charge is 2.53. The summed E-state index contributed by atoms with van der Waals surface area (Å²) < 4.78 is 0. The van der Waals surface area contributed by atoms with Crippen LogP contribution in [0, 0.1) is 29.6 Å². The van der Waals surface area contributed by atoms with E-state index in [0.29, 0.717) is 11.8 Å². The number of hydrogen-bond donors (Lipinski definition) is 1. The topological polar surface area (TPSA) is 56.6 Å². The summed E-state index contributed by atoms with van der Waals surface area (Å²) in [6.07, 6.45) is 2.10. The lowest BCUT2D eigenvalue weighted by molar-refractivity contribution is 0.0155. The van der Waals surface area contributed by atoms with Gasteiger partial charge in [-0.3, -0.25) is 4.79 Å². The summed E-state index contributed by atoms with van der Waals surface area (Å²) in [5.74, 6) is 1.04. The molecule has 3 heteroatoms. The van der Waals surface area contributed by atoms with Gasteiger partial charge in [-0.15, -0.1) is 0 Å². The van der Waals surface area contributed by atoms with Crippen molar-refractivity contribution < 1.29 is 0 Å². The fourth-order valence-electron chi connectivity index (χ4n) is 4.41. The van der Waals surface area contributed by atoms with Crippen LogP contribution in [0.5, 0.6) is 0 Å². The molecule has 1 fully saturated rings. The van der Waals surface area contributed by atoms with E-state index < -0.39 is 0 Å². The third-order valence-corrected chi connectivity index (χ3v) is 6.07. The van der Waals surface area contributed by atoms with Crippen molar-refractivity contribution in [2.75, 3.05) is 0 Å². The second-order valence-electron chi connectivity index (χ2n) is 7.58. The number of aromatic amines is 1. The maximum absolute atomic E-state index is 12.5. The molecule has 3 aliphatic rings. The van der Waals surface area contributed by atoms with Gasteiger partial charge in [0.15, 0.2) is 0 Å². The smallest absolute Gasteiger partial charge is 0.266 e. The average molecular weight is 304 g/mol. The molecule has 1 aromatic carbocycles. The van der Waals surface area contributed by atoms with Gasteiger partial charge in [-0.1, -0.05) is 43.7 Å². The van der Waals surface area contributed by atoms with Gasteiger partial charge >= 0.3 is 0 Å². The molecular formula is C20H20N2O. The molecule has 3 aliphatic carbocycles. The Morgan fingerprint density at radius 2 is 1.96 bits per heavy atom. The summed E-state index contributed by atoms with van der Waals surface area (Å²) in [5.41, 5.74) is 5.52. The number of H-pyrrole nitrogens is 1. The van der Waals surface area contributed by atoms with Gasteiger partial charge < -0.3 is 4.98 Å². The van der Waals surface area contributed by atoms with Gasteiger partial charge in [-0.25, -0.2) is 0 Å². The van der Waals surface area contributed by atoms with Crippen LogP contribution in [0.1, 0.15) is 48.6 Å². The lowest BCUT2D eigenvalue weighted by Gasteiger charge is -2.57. The van der Waals surface area contributed by atoms with E-state index in [1.165, 1.54) is 11.1 Å². The van der Waals surface area contributed by atoms with Gasteiger partial charge in [0.25, 0.3) is 5.56 Å². The molecule has 2 bridgehead atoms. The van der Waals surface area contributed by atoms with Crippen LogP contribution in [0.4, 0.5) is 0 Å². The first-order chi connectivity index (χ1) is 10.9. The van der Waals surface area contributed by atoms with Gasteiger partial charge in [-0.2, -0.15) is 5.26 Å². The zero-order valence-electron chi connectivity index (χ0n) is 13.7. The normalized spacial score (nSPS) is 23.6. The summed E-state index contributed by atoms with van der Waals surface area (Å²) in [4.78, 5) is 15.5. The number of nitrogens with one attached hydrogen (secondary N) is 1. The van der Waals surface area contributed by atoms with Crippen LogP contribution in [0.3, 0.4) is 0 Å². The third-order valence-electron chi connectivity index (χ3n) is 6.07. The first kappa shape index (κ1) is 14.3. The minimum atomic E-state index is -0.247. The number of nitriles is 1. The van der Waals surface area contributed by atoms with Crippen LogP contribution >= 0.6 is 0 Å². The first-order valence-electron chi connectivity index (χ1n) is 8.19. The molecule has 2 atom stereocenters. The largest absolute Gasteiger partial charge is 0.324 e. The highest BCUT2D eigenvalue weighted by Crippen LogP contribution is 2.62. The van der Waals surface area contributed by atoms with Gasteiger partial charge in [-0.05, 0) is 42.2 Å². The fraction of sp³-hybridized carbons (Fsp3) is 0.400. The first-order valence-corrected chi connectivity index (χ1v) is 8.19. The number of aromatic nitrogens is 1. The highest BCUT2D eigenvalue weighted by atomic mass is 16.1. The van der Waals surface area contributed by atoms with Gasteiger partial charge in [0.05, 0.1) is 0 Å². The Labute approximate surface area is 136 Å². The van der Waals surface area contributed by atoms with Crippen LogP contribution in [0.2, 0.25) is 0 Å². The molecule has 5 rings (SSSR count). The molecule has 116 valence electrons. The lowest BCUT2D eigenvalue weighted by atomic mass is 9.48. The number of benzene rings is 1. The zero-order valence-corrected chi connectivity index (χ0v) is 13.7. The zero-order chi connectivity index (χ0) is 16.4. The molecule has 0 aliphatic heterocycles. The second kappa shape index (κ2) is 4.58. The Bertz CT molecular complexity index is 897. The molecule has 0 amide bonds. The molecule has 1 aromatic heterocycles. The van der Waals surface area contributed by atoms with Gasteiger partial charge in [0.1, 0.15) is 11.6 Å². The minimum Gasteiger partial charge on any atom is -0.324 e. The van der Waals surface area contributed by atoms with E-state index in [9.17, 15) is 10.1 Å². The van der Waals surface area contributed by atoms with Crippen molar-refractivity contribution in [1.82, 2.24) is 4.98 Å². The highest BCUT2D eigenvalue weighted by molar-refractivity contribution is 5.75. The molecule has 1 N–H and O–H groups in total. The van der Waals surface area contributed by atoms with E-state index in [4.69, 9.17) is 0 Å². The van der Waals surface area contributed by atoms with Crippen molar-refractivity contribution in [1.29, 1.82) is 5.26 Å².